The maximum atomic E-state index is 9.64. The zero-order valence-corrected chi connectivity index (χ0v) is 10.8. The number of hydrogen-bond acceptors (Lipinski definition) is 3. The number of aliphatic hydroxyl groups is 1. The second kappa shape index (κ2) is 5.19. The minimum absolute atomic E-state index is 0.00554. The van der Waals surface area contributed by atoms with Crippen LogP contribution in [0.2, 0.25) is 0 Å². The van der Waals surface area contributed by atoms with E-state index in [2.05, 4.69) is 30.3 Å². The summed E-state index contributed by atoms with van der Waals surface area (Å²) in [4.78, 5) is 0. The van der Waals surface area contributed by atoms with Gasteiger partial charge < -0.3 is 10.4 Å². The largest absolute Gasteiger partial charge is 0.396 e. The van der Waals surface area contributed by atoms with E-state index in [-0.39, 0.29) is 12.0 Å². The van der Waals surface area contributed by atoms with Crippen LogP contribution in [-0.2, 0) is 6.42 Å². The first-order valence-corrected chi connectivity index (χ1v) is 6.51. The van der Waals surface area contributed by atoms with Gasteiger partial charge in [-0.25, -0.2) is 0 Å². The van der Waals surface area contributed by atoms with E-state index in [1.807, 2.05) is 10.9 Å². The molecule has 0 amide bonds. The molecule has 0 bridgehead atoms. The fourth-order valence-electron chi connectivity index (χ4n) is 2.52. The van der Waals surface area contributed by atoms with Gasteiger partial charge in [0.1, 0.15) is 0 Å². The van der Waals surface area contributed by atoms with Crippen molar-refractivity contribution in [3.8, 4) is 0 Å². The van der Waals surface area contributed by atoms with Gasteiger partial charge >= 0.3 is 0 Å². The molecule has 4 heteroatoms. The van der Waals surface area contributed by atoms with E-state index in [4.69, 9.17) is 0 Å². The zero-order valence-electron chi connectivity index (χ0n) is 10.8. The Bertz CT molecular complexity index is 353. The smallest absolute Gasteiger partial charge is 0.0631 e. The number of hydrogen-bond donors (Lipinski definition) is 2. The molecule has 0 spiro atoms. The Labute approximate surface area is 103 Å². The molecule has 1 aliphatic rings. The molecule has 96 valence electrons. The first kappa shape index (κ1) is 12.6. The van der Waals surface area contributed by atoms with Gasteiger partial charge in [0, 0.05) is 30.6 Å². The van der Waals surface area contributed by atoms with Gasteiger partial charge in [0.05, 0.1) is 12.3 Å². The molecule has 0 aliphatic carbocycles. The van der Waals surface area contributed by atoms with Crippen LogP contribution in [0.1, 0.15) is 38.4 Å². The minimum atomic E-state index is -0.00554. The Morgan fingerprint density at radius 1 is 1.59 bits per heavy atom. The highest BCUT2D eigenvalue weighted by molar-refractivity contribution is 5.05. The van der Waals surface area contributed by atoms with Gasteiger partial charge in [-0.15, -0.1) is 0 Å². The van der Waals surface area contributed by atoms with E-state index in [1.165, 1.54) is 0 Å². The summed E-state index contributed by atoms with van der Waals surface area (Å²) in [6, 6.07) is 2.48. The Balaban J connectivity index is 2.06. The molecule has 2 N–H and O–H groups in total. The van der Waals surface area contributed by atoms with Crippen molar-refractivity contribution < 1.29 is 5.11 Å². The van der Waals surface area contributed by atoms with Crippen LogP contribution in [0, 0.1) is 5.41 Å². The topological polar surface area (TPSA) is 50.1 Å². The van der Waals surface area contributed by atoms with Gasteiger partial charge in [-0.3, -0.25) is 4.68 Å². The first-order chi connectivity index (χ1) is 8.15. The summed E-state index contributed by atoms with van der Waals surface area (Å²) in [5.41, 5.74) is 1.09. The highest BCUT2D eigenvalue weighted by atomic mass is 16.3. The average Bonchev–Trinajstić information content (AvgIpc) is 2.79. The van der Waals surface area contributed by atoms with Gasteiger partial charge in [0.2, 0.25) is 0 Å². The Kier molecular flexibility index (Phi) is 3.84. The fraction of sp³-hybridized carbons (Fsp3) is 0.769. The molecule has 1 fully saturated rings. The summed E-state index contributed by atoms with van der Waals surface area (Å²) >= 11 is 0. The van der Waals surface area contributed by atoms with Crippen LogP contribution in [-0.4, -0.2) is 34.6 Å². The Hall–Kier alpha value is -0.870. The predicted molar refractivity (Wildman–Crippen MR) is 67.9 cm³/mol. The van der Waals surface area contributed by atoms with E-state index in [1.54, 1.807) is 0 Å². The van der Waals surface area contributed by atoms with Crippen molar-refractivity contribution in [3.05, 3.63) is 18.0 Å². The highest BCUT2D eigenvalue weighted by Gasteiger charge is 2.32. The van der Waals surface area contributed by atoms with Gasteiger partial charge in [-0.2, -0.15) is 5.10 Å². The van der Waals surface area contributed by atoms with Crippen LogP contribution in [0.5, 0.6) is 0 Å². The molecule has 4 nitrogen and oxygen atoms in total. The van der Waals surface area contributed by atoms with Crippen molar-refractivity contribution in [1.29, 1.82) is 0 Å². The SMILES string of the molecule is CC(C)n1ccc(CC2(CO)CCCNC2)n1. The summed E-state index contributed by atoms with van der Waals surface area (Å²) in [5.74, 6) is 0. The van der Waals surface area contributed by atoms with Crippen LogP contribution in [0.3, 0.4) is 0 Å². The van der Waals surface area contributed by atoms with E-state index < -0.39 is 0 Å². The maximum absolute atomic E-state index is 9.64. The number of aliphatic hydroxyl groups excluding tert-OH is 1. The number of aromatic nitrogens is 2. The van der Waals surface area contributed by atoms with Crippen molar-refractivity contribution in [2.24, 2.45) is 5.41 Å². The molecule has 0 radical (unpaired) electrons. The quantitative estimate of drug-likeness (QED) is 0.831. The average molecular weight is 237 g/mol. The standard InChI is InChI=1S/C13H23N3O/c1-11(2)16-7-4-12(15-16)8-13(10-17)5-3-6-14-9-13/h4,7,11,14,17H,3,5-6,8-10H2,1-2H3. The summed E-state index contributed by atoms with van der Waals surface area (Å²) in [6.07, 6.45) is 5.13. The lowest BCUT2D eigenvalue weighted by Gasteiger charge is -2.35. The molecule has 0 saturated carbocycles. The molecule has 1 aliphatic heterocycles. The highest BCUT2D eigenvalue weighted by Crippen LogP contribution is 2.29. The Morgan fingerprint density at radius 2 is 2.41 bits per heavy atom. The van der Waals surface area contributed by atoms with Crippen LogP contribution in [0.15, 0.2) is 12.3 Å². The van der Waals surface area contributed by atoms with Crippen molar-refractivity contribution >= 4 is 0 Å². The van der Waals surface area contributed by atoms with Gasteiger partial charge in [-0.1, -0.05) is 0 Å². The number of rotatable bonds is 4. The van der Waals surface area contributed by atoms with E-state index in [0.717, 1.165) is 38.0 Å². The molecule has 1 atom stereocenters. The third kappa shape index (κ3) is 2.87. The van der Waals surface area contributed by atoms with Crippen LogP contribution >= 0.6 is 0 Å². The van der Waals surface area contributed by atoms with E-state index >= 15 is 0 Å². The van der Waals surface area contributed by atoms with E-state index in [9.17, 15) is 5.11 Å². The zero-order chi connectivity index (χ0) is 12.3. The molecular formula is C13H23N3O. The second-order valence-corrected chi connectivity index (χ2v) is 5.50. The molecule has 1 aromatic heterocycles. The third-order valence-electron chi connectivity index (χ3n) is 3.64. The number of piperidine rings is 1. The number of nitrogens with zero attached hydrogens (tertiary/aromatic N) is 2. The lowest BCUT2D eigenvalue weighted by atomic mass is 9.78. The van der Waals surface area contributed by atoms with Gasteiger partial charge in [0.15, 0.2) is 0 Å². The monoisotopic (exact) mass is 237 g/mol. The molecule has 1 saturated heterocycles. The fourth-order valence-corrected chi connectivity index (χ4v) is 2.52. The molecule has 2 rings (SSSR count). The van der Waals surface area contributed by atoms with Crippen molar-refractivity contribution in [2.45, 2.75) is 39.2 Å². The molecule has 17 heavy (non-hydrogen) atoms. The second-order valence-electron chi connectivity index (χ2n) is 5.50. The van der Waals surface area contributed by atoms with Crippen molar-refractivity contribution in [3.63, 3.8) is 0 Å². The third-order valence-corrected chi connectivity index (χ3v) is 3.64. The first-order valence-electron chi connectivity index (χ1n) is 6.51. The molecule has 1 aromatic rings. The summed E-state index contributed by atoms with van der Waals surface area (Å²) < 4.78 is 1.98. The Morgan fingerprint density at radius 3 is 2.94 bits per heavy atom. The normalized spacial score (nSPS) is 25.4. The van der Waals surface area contributed by atoms with Crippen LogP contribution in [0.4, 0.5) is 0 Å². The van der Waals surface area contributed by atoms with Crippen LogP contribution in [0.25, 0.3) is 0 Å². The summed E-state index contributed by atoms with van der Waals surface area (Å²) in [7, 11) is 0. The minimum Gasteiger partial charge on any atom is -0.396 e. The predicted octanol–water partition coefficient (Wildman–Crippen LogP) is 1.37. The maximum Gasteiger partial charge on any atom is 0.0631 e. The molecule has 1 unspecified atom stereocenters. The van der Waals surface area contributed by atoms with E-state index in [0.29, 0.717) is 6.04 Å². The summed E-state index contributed by atoms with van der Waals surface area (Å²) in [6.45, 7) is 6.47. The lowest BCUT2D eigenvalue weighted by Crippen LogP contribution is -2.44. The molecular weight excluding hydrogens is 214 g/mol. The van der Waals surface area contributed by atoms with Gasteiger partial charge in [0.25, 0.3) is 0 Å². The number of nitrogens with one attached hydrogen (secondary N) is 1. The molecule has 0 aromatic carbocycles. The van der Waals surface area contributed by atoms with Crippen molar-refractivity contribution in [1.82, 2.24) is 15.1 Å². The molecule has 2 heterocycles. The van der Waals surface area contributed by atoms with Crippen LogP contribution < -0.4 is 5.32 Å². The van der Waals surface area contributed by atoms with Gasteiger partial charge in [-0.05, 0) is 39.3 Å². The summed E-state index contributed by atoms with van der Waals surface area (Å²) in [5, 5.41) is 17.6. The lowest BCUT2D eigenvalue weighted by molar-refractivity contribution is 0.0936. The van der Waals surface area contributed by atoms with Crippen molar-refractivity contribution in [2.75, 3.05) is 19.7 Å².